The molecule has 0 saturated heterocycles. The van der Waals surface area contributed by atoms with E-state index in [2.05, 4.69) is 17.2 Å². The lowest BCUT2D eigenvalue weighted by Crippen LogP contribution is -1.96. The summed E-state index contributed by atoms with van der Waals surface area (Å²) >= 11 is 0. The first-order valence-electron chi connectivity index (χ1n) is 10.6. The van der Waals surface area contributed by atoms with Gasteiger partial charge in [0.2, 0.25) is 0 Å². The van der Waals surface area contributed by atoms with Gasteiger partial charge in [-0.05, 0) is 42.8 Å². The van der Waals surface area contributed by atoms with Crippen LogP contribution in [0.5, 0.6) is 5.75 Å². The Balaban J connectivity index is 1.52. The van der Waals surface area contributed by atoms with Crippen LogP contribution in [-0.2, 0) is 0 Å². The van der Waals surface area contributed by atoms with Crippen molar-refractivity contribution in [1.29, 1.82) is 0 Å². The lowest BCUT2D eigenvalue weighted by atomic mass is 10.1. The molecule has 0 spiro atoms. The van der Waals surface area contributed by atoms with E-state index in [1.165, 1.54) is 57.8 Å². The van der Waals surface area contributed by atoms with E-state index >= 15 is 0 Å². The molecule has 0 bridgehead atoms. The zero-order valence-electron chi connectivity index (χ0n) is 16.8. The zero-order valence-corrected chi connectivity index (χ0v) is 16.8. The van der Waals surface area contributed by atoms with Gasteiger partial charge >= 0.3 is 0 Å². The third-order valence-corrected chi connectivity index (χ3v) is 4.64. The molecule has 0 aliphatic carbocycles. The third-order valence-electron chi connectivity index (χ3n) is 4.64. The van der Waals surface area contributed by atoms with Crippen LogP contribution in [-0.4, -0.2) is 6.61 Å². The summed E-state index contributed by atoms with van der Waals surface area (Å²) in [6.07, 6.45) is 13.4. The third kappa shape index (κ3) is 9.93. The first-order chi connectivity index (χ1) is 13.4. The van der Waals surface area contributed by atoms with E-state index in [1.54, 1.807) is 0 Å². The number of ether oxygens (including phenoxy) is 1. The number of unbranched alkanes of at least 4 members (excludes halogenated alkanes) is 9. The van der Waals surface area contributed by atoms with Crippen molar-refractivity contribution >= 4 is 11.4 Å². The summed E-state index contributed by atoms with van der Waals surface area (Å²) in [5.41, 5.74) is 1.70. The fourth-order valence-electron chi connectivity index (χ4n) is 3.00. The van der Waals surface area contributed by atoms with Gasteiger partial charge in [0.15, 0.2) is 0 Å². The molecular weight excluding hydrogens is 332 g/mol. The monoisotopic (exact) mass is 366 g/mol. The highest BCUT2D eigenvalue weighted by Crippen LogP contribution is 2.21. The highest BCUT2D eigenvalue weighted by Gasteiger charge is 1.96. The molecule has 27 heavy (non-hydrogen) atoms. The number of rotatable bonds is 14. The topological polar surface area (TPSA) is 34.0 Å². The minimum atomic E-state index is 0.793. The Labute approximate surface area is 164 Å². The Morgan fingerprint density at radius 2 is 1.11 bits per heavy atom. The fraction of sp³-hybridized carbons (Fsp3) is 0.500. The van der Waals surface area contributed by atoms with E-state index in [0.29, 0.717) is 0 Å². The maximum Gasteiger partial charge on any atom is 0.119 e. The van der Waals surface area contributed by atoms with Crippen LogP contribution in [0.2, 0.25) is 0 Å². The lowest BCUT2D eigenvalue weighted by molar-refractivity contribution is 0.304. The van der Waals surface area contributed by atoms with E-state index < -0.39 is 0 Å². The van der Waals surface area contributed by atoms with Crippen LogP contribution in [0.15, 0.2) is 64.8 Å². The van der Waals surface area contributed by atoms with Crippen molar-refractivity contribution in [3.63, 3.8) is 0 Å². The summed E-state index contributed by atoms with van der Waals surface area (Å²) in [6.45, 7) is 3.06. The normalized spacial score (nSPS) is 11.1. The van der Waals surface area contributed by atoms with Crippen molar-refractivity contribution in [1.82, 2.24) is 0 Å². The van der Waals surface area contributed by atoms with Gasteiger partial charge in [-0.2, -0.15) is 10.2 Å². The Morgan fingerprint density at radius 1 is 0.593 bits per heavy atom. The van der Waals surface area contributed by atoms with E-state index in [4.69, 9.17) is 4.74 Å². The van der Waals surface area contributed by atoms with Crippen LogP contribution in [0.4, 0.5) is 11.4 Å². The first-order valence-corrected chi connectivity index (χ1v) is 10.6. The summed E-state index contributed by atoms with van der Waals surface area (Å²) in [5.74, 6) is 0.907. The SMILES string of the molecule is CCCCCCCCCCCCOc1ccc(/N=N/c2ccccc2)cc1. The number of benzene rings is 2. The molecule has 2 rings (SSSR count). The standard InChI is InChI=1S/C24H34N2O/c1-2-3-4-5-6-7-8-9-10-14-21-27-24-19-17-23(18-20-24)26-25-22-15-12-11-13-16-22/h11-13,15-20H,2-10,14,21H2,1H3/b26-25+. The molecular formula is C24H34N2O. The van der Waals surface area contributed by atoms with Gasteiger partial charge in [0, 0.05) is 0 Å². The molecule has 0 radical (unpaired) electrons. The summed E-state index contributed by atoms with van der Waals surface area (Å²) in [5, 5.41) is 8.47. The Morgan fingerprint density at radius 3 is 1.70 bits per heavy atom. The van der Waals surface area contributed by atoms with Crippen LogP contribution in [0.25, 0.3) is 0 Å². The number of hydrogen-bond acceptors (Lipinski definition) is 3. The Kier molecular flexibility index (Phi) is 10.9. The second-order valence-electron chi connectivity index (χ2n) is 7.06. The second kappa shape index (κ2) is 14.0. The van der Waals surface area contributed by atoms with Gasteiger partial charge in [-0.15, -0.1) is 0 Å². The summed E-state index contributed by atoms with van der Waals surface area (Å²) in [4.78, 5) is 0. The quantitative estimate of drug-likeness (QED) is 0.244. The van der Waals surface area contributed by atoms with E-state index in [-0.39, 0.29) is 0 Å². The molecule has 0 aliphatic heterocycles. The molecule has 2 aromatic rings. The Bertz CT molecular complexity index is 623. The number of nitrogens with zero attached hydrogens (tertiary/aromatic N) is 2. The predicted octanol–water partition coefficient (Wildman–Crippen LogP) is 8.40. The number of hydrogen-bond donors (Lipinski definition) is 0. The van der Waals surface area contributed by atoms with E-state index in [9.17, 15) is 0 Å². The molecule has 0 aliphatic rings. The molecule has 0 saturated carbocycles. The summed E-state index contributed by atoms with van der Waals surface area (Å²) < 4.78 is 5.82. The second-order valence-corrected chi connectivity index (χ2v) is 7.06. The molecule has 146 valence electrons. The Hall–Kier alpha value is -2.16. The molecule has 0 heterocycles. The van der Waals surface area contributed by atoms with Gasteiger partial charge in [-0.1, -0.05) is 82.9 Å². The van der Waals surface area contributed by atoms with Crippen LogP contribution in [0.1, 0.15) is 71.1 Å². The van der Waals surface area contributed by atoms with Gasteiger partial charge in [0.25, 0.3) is 0 Å². The zero-order chi connectivity index (χ0) is 19.0. The van der Waals surface area contributed by atoms with Crippen LogP contribution in [0, 0.1) is 0 Å². The molecule has 0 unspecified atom stereocenters. The largest absolute Gasteiger partial charge is 0.494 e. The van der Waals surface area contributed by atoms with Gasteiger partial charge < -0.3 is 4.74 Å². The minimum absolute atomic E-state index is 0.793. The average Bonchev–Trinajstić information content (AvgIpc) is 2.72. The molecule has 0 atom stereocenters. The fourth-order valence-corrected chi connectivity index (χ4v) is 3.00. The minimum Gasteiger partial charge on any atom is -0.494 e. The summed E-state index contributed by atoms with van der Waals surface area (Å²) in [6, 6.07) is 17.6. The van der Waals surface area contributed by atoms with Crippen molar-refractivity contribution in [2.24, 2.45) is 10.2 Å². The van der Waals surface area contributed by atoms with Gasteiger partial charge in [0.05, 0.1) is 18.0 Å². The molecule has 0 fully saturated rings. The lowest BCUT2D eigenvalue weighted by Gasteiger charge is -2.06. The van der Waals surface area contributed by atoms with Crippen LogP contribution >= 0.6 is 0 Å². The molecule has 0 N–H and O–H groups in total. The highest BCUT2D eigenvalue weighted by atomic mass is 16.5. The highest BCUT2D eigenvalue weighted by molar-refractivity contribution is 5.42. The van der Waals surface area contributed by atoms with Crippen LogP contribution in [0.3, 0.4) is 0 Å². The molecule has 3 heteroatoms. The van der Waals surface area contributed by atoms with E-state index in [1.807, 2.05) is 54.6 Å². The van der Waals surface area contributed by atoms with Crippen molar-refractivity contribution in [3.05, 3.63) is 54.6 Å². The first kappa shape index (κ1) is 21.1. The maximum atomic E-state index is 5.82. The van der Waals surface area contributed by atoms with Gasteiger partial charge in [-0.3, -0.25) is 0 Å². The summed E-state index contributed by atoms with van der Waals surface area (Å²) in [7, 11) is 0. The molecule has 3 nitrogen and oxygen atoms in total. The van der Waals surface area contributed by atoms with Crippen molar-refractivity contribution in [3.8, 4) is 5.75 Å². The van der Waals surface area contributed by atoms with Gasteiger partial charge in [-0.25, -0.2) is 0 Å². The molecule has 2 aromatic carbocycles. The van der Waals surface area contributed by atoms with Gasteiger partial charge in [0.1, 0.15) is 5.75 Å². The smallest absolute Gasteiger partial charge is 0.119 e. The average molecular weight is 367 g/mol. The van der Waals surface area contributed by atoms with E-state index in [0.717, 1.165) is 30.2 Å². The number of azo groups is 1. The molecule has 0 aromatic heterocycles. The van der Waals surface area contributed by atoms with Crippen LogP contribution < -0.4 is 4.74 Å². The van der Waals surface area contributed by atoms with Crippen molar-refractivity contribution in [2.45, 2.75) is 71.1 Å². The predicted molar refractivity (Wildman–Crippen MR) is 114 cm³/mol. The maximum absolute atomic E-state index is 5.82. The molecule has 0 amide bonds. The van der Waals surface area contributed by atoms with Crippen molar-refractivity contribution < 1.29 is 4.74 Å². The van der Waals surface area contributed by atoms with Crippen molar-refractivity contribution in [2.75, 3.05) is 6.61 Å².